The molecule has 3 aliphatic rings. The number of benzene rings is 1. The normalized spacial score (nSPS) is 26.4. The third-order valence-electron chi connectivity index (χ3n) is 7.10. The van der Waals surface area contributed by atoms with E-state index in [4.69, 9.17) is 22.1 Å². The number of ether oxygens (including phenoxy) is 1. The summed E-state index contributed by atoms with van der Waals surface area (Å²) in [6.45, 7) is 9.45. The van der Waals surface area contributed by atoms with E-state index < -0.39 is 0 Å². The zero-order valence-electron chi connectivity index (χ0n) is 18.8. The number of nitrogen functional groups attached to an aromatic ring is 1. The van der Waals surface area contributed by atoms with Gasteiger partial charge in [0, 0.05) is 56.4 Å². The molecule has 32 heavy (non-hydrogen) atoms. The van der Waals surface area contributed by atoms with Gasteiger partial charge in [-0.15, -0.1) is 5.10 Å². The number of anilines is 2. The van der Waals surface area contributed by atoms with Crippen LogP contribution in [0.4, 0.5) is 11.9 Å². The predicted octanol–water partition coefficient (Wildman–Crippen LogP) is 2.27. The van der Waals surface area contributed by atoms with Gasteiger partial charge >= 0.3 is 0 Å². The maximum atomic E-state index is 6.38. The van der Waals surface area contributed by atoms with Crippen molar-refractivity contribution in [3.63, 3.8) is 0 Å². The number of H-pyrrole nitrogens is 1. The zero-order valence-corrected chi connectivity index (χ0v) is 19.5. The van der Waals surface area contributed by atoms with Crippen LogP contribution in [0.1, 0.15) is 25.3 Å². The van der Waals surface area contributed by atoms with E-state index in [-0.39, 0.29) is 6.10 Å². The molecule has 3 fully saturated rings. The first-order valence-electron chi connectivity index (χ1n) is 11.8. The molecule has 1 aromatic carbocycles. The van der Waals surface area contributed by atoms with Crippen LogP contribution in [0.15, 0.2) is 24.3 Å². The highest BCUT2D eigenvalue weighted by atomic mass is 35.5. The maximum Gasteiger partial charge on any atom is 0.246 e. The fraction of sp³-hybridized carbons (Fsp3) is 0.652. The van der Waals surface area contributed by atoms with Crippen molar-refractivity contribution in [3.05, 3.63) is 34.9 Å². The van der Waals surface area contributed by atoms with Gasteiger partial charge in [-0.1, -0.05) is 30.7 Å². The smallest absolute Gasteiger partial charge is 0.246 e. The van der Waals surface area contributed by atoms with Gasteiger partial charge in [0.25, 0.3) is 0 Å². The number of halogens is 1. The first-order chi connectivity index (χ1) is 15.5. The quantitative estimate of drug-likeness (QED) is 0.685. The lowest BCUT2D eigenvalue weighted by molar-refractivity contribution is -0.0991. The Labute approximate surface area is 195 Å². The first-order valence-corrected chi connectivity index (χ1v) is 12.2. The molecule has 0 bridgehead atoms. The van der Waals surface area contributed by atoms with Crippen molar-refractivity contribution in [2.45, 2.75) is 44.4 Å². The molecular formula is C23H34ClN7O. The van der Waals surface area contributed by atoms with E-state index in [2.05, 4.69) is 48.9 Å². The van der Waals surface area contributed by atoms with Gasteiger partial charge < -0.3 is 20.3 Å². The van der Waals surface area contributed by atoms with Crippen LogP contribution in [0.2, 0.25) is 5.02 Å². The first kappa shape index (κ1) is 21.9. The lowest BCUT2D eigenvalue weighted by Gasteiger charge is -2.48. The predicted molar refractivity (Wildman–Crippen MR) is 127 cm³/mol. The Morgan fingerprint density at radius 3 is 2.56 bits per heavy atom. The Kier molecular flexibility index (Phi) is 6.55. The summed E-state index contributed by atoms with van der Waals surface area (Å²) in [6.07, 6.45) is 3.47. The Bertz CT molecular complexity index is 877. The Hall–Kier alpha value is -1.87. The van der Waals surface area contributed by atoms with E-state index in [1.54, 1.807) is 0 Å². The molecule has 174 valence electrons. The van der Waals surface area contributed by atoms with Crippen LogP contribution in [0.5, 0.6) is 0 Å². The number of aromatic amines is 1. The van der Waals surface area contributed by atoms with Gasteiger partial charge in [0.2, 0.25) is 11.9 Å². The molecule has 0 radical (unpaired) electrons. The fourth-order valence-corrected chi connectivity index (χ4v) is 5.60. The summed E-state index contributed by atoms with van der Waals surface area (Å²) in [7, 11) is 0. The Balaban J connectivity index is 1.24. The van der Waals surface area contributed by atoms with Gasteiger partial charge in [-0.2, -0.15) is 4.98 Å². The van der Waals surface area contributed by atoms with E-state index in [9.17, 15) is 0 Å². The number of piperidine rings is 1. The van der Waals surface area contributed by atoms with Crippen LogP contribution in [0.25, 0.3) is 0 Å². The van der Waals surface area contributed by atoms with Gasteiger partial charge in [0.05, 0.1) is 12.7 Å². The summed E-state index contributed by atoms with van der Waals surface area (Å²) >= 11 is 6.10. The molecule has 4 heterocycles. The van der Waals surface area contributed by atoms with Crippen LogP contribution in [-0.4, -0.2) is 89.0 Å². The molecule has 3 aliphatic heterocycles. The minimum Gasteiger partial charge on any atom is -0.374 e. The summed E-state index contributed by atoms with van der Waals surface area (Å²) in [4.78, 5) is 11.8. The highest BCUT2D eigenvalue weighted by Gasteiger charge is 2.37. The van der Waals surface area contributed by atoms with Crippen molar-refractivity contribution >= 4 is 23.5 Å². The number of nitrogens with zero attached hydrogens (tertiary/aromatic N) is 5. The molecule has 9 heteroatoms. The maximum absolute atomic E-state index is 6.38. The minimum atomic E-state index is 0.287. The van der Waals surface area contributed by atoms with Crippen molar-refractivity contribution in [3.8, 4) is 0 Å². The Morgan fingerprint density at radius 2 is 1.91 bits per heavy atom. The molecule has 0 saturated carbocycles. The number of morpholine rings is 1. The Morgan fingerprint density at radius 1 is 1.16 bits per heavy atom. The second-order valence-electron chi connectivity index (χ2n) is 9.70. The molecule has 0 unspecified atom stereocenters. The zero-order chi connectivity index (χ0) is 22.1. The van der Waals surface area contributed by atoms with Crippen LogP contribution in [0.3, 0.4) is 0 Å². The summed E-state index contributed by atoms with van der Waals surface area (Å²) in [6, 6.07) is 9.19. The molecular weight excluding hydrogens is 426 g/mol. The van der Waals surface area contributed by atoms with Crippen molar-refractivity contribution in [1.82, 2.24) is 25.0 Å². The third-order valence-corrected chi connectivity index (χ3v) is 7.35. The fourth-order valence-electron chi connectivity index (χ4n) is 5.48. The molecule has 2 aromatic rings. The average molecular weight is 460 g/mol. The van der Waals surface area contributed by atoms with Gasteiger partial charge in [0.15, 0.2) is 0 Å². The molecule has 3 saturated heterocycles. The molecule has 0 amide bonds. The number of aromatic nitrogens is 3. The largest absolute Gasteiger partial charge is 0.374 e. The van der Waals surface area contributed by atoms with Crippen molar-refractivity contribution < 1.29 is 4.74 Å². The highest BCUT2D eigenvalue weighted by molar-refractivity contribution is 6.30. The van der Waals surface area contributed by atoms with E-state index >= 15 is 0 Å². The molecule has 2 atom stereocenters. The molecule has 3 N–H and O–H groups in total. The molecule has 5 rings (SSSR count). The second-order valence-corrected chi connectivity index (χ2v) is 10.1. The number of hydrogen-bond donors (Lipinski definition) is 2. The van der Waals surface area contributed by atoms with Gasteiger partial charge in [-0.05, 0) is 42.9 Å². The van der Waals surface area contributed by atoms with Crippen LogP contribution in [-0.2, 0) is 11.2 Å². The van der Waals surface area contributed by atoms with Crippen LogP contribution < -0.4 is 10.6 Å². The second kappa shape index (κ2) is 9.55. The van der Waals surface area contributed by atoms with Crippen molar-refractivity contribution in [2.75, 3.05) is 56.5 Å². The van der Waals surface area contributed by atoms with Gasteiger partial charge in [0.1, 0.15) is 0 Å². The monoisotopic (exact) mass is 459 g/mol. The third kappa shape index (κ3) is 5.03. The standard InChI is InChI=1S/C23H34ClN7O/c1-16-11-29(12-16)13-21-14-31(20(15-32-21)10-17-2-4-18(24)5-3-17)19-6-8-30(9-7-19)23-26-22(25)27-28-23/h2-5,16,19-21H,6-15H2,1H3,(H3,25,26,27,28)/t20-,21-/m0/s1. The summed E-state index contributed by atoms with van der Waals surface area (Å²) < 4.78 is 6.38. The van der Waals surface area contributed by atoms with Gasteiger partial charge in [-0.25, -0.2) is 5.10 Å². The van der Waals surface area contributed by atoms with Crippen molar-refractivity contribution in [2.24, 2.45) is 5.92 Å². The SMILES string of the molecule is CC1CN(C[C@H]2CN(C3CCN(c4n[nH]c(N)n4)CC3)[C@@H](Cc3ccc(Cl)cc3)CO2)C1. The summed E-state index contributed by atoms with van der Waals surface area (Å²) in [5, 5.41) is 7.77. The highest BCUT2D eigenvalue weighted by Crippen LogP contribution is 2.27. The topological polar surface area (TPSA) is 86.5 Å². The summed E-state index contributed by atoms with van der Waals surface area (Å²) in [5.74, 6) is 1.91. The van der Waals surface area contributed by atoms with E-state index in [0.717, 1.165) is 63.0 Å². The van der Waals surface area contributed by atoms with E-state index in [1.165, 1.54) is 18.7 Å². The van der Waals surface area contributed by atoms with Gasteiger partial charge in [-0.3, -0.25) is 4.90 Å². The average Bonchev–Trinajstić information content (AvgIpc) is 3.22. The molecule has 8 nitrogen and oxygen atoms in total. The lowest BCUT2D eigenvalue weighted by atomic mass is 9.95. The number of hydrogen-bond acceptors (Lipinski definition) is 7. The number of nitrogens with one attached hydrogen (secondary N) is 1. The van der Waals surface area contributed by atoms with Crippen LogP contribution in [0, 0.1) is 5.92 Å². The van der Waals surface area contributed by atoms with Crippen molar-refractivity contribution in [1.29, 1.82) is 0 Å². The summed E-state index contributed by atoms with van der Waals surface area (Å²) in [5.41, 5.74) is 7.04. The molecule has 0 spiro atoms. The number of likely N-dealkylation sites (tertiary alicyclic amines) is 1. The van der Waals surface area contributed by atoms with E-state index in [0.29, 0.717) is 24.0 Å². The minimum absolute atomic E-state index is 0.287. The lowest BCUT2D eigenvalue weighted by Crippen LogP contribution is -2.60. The number of nitrogens with two attached hydrogens (primary N) is 1. The number of rotatable bonds is 6. The van der Waals surface area contributed by atoms with E-state index in [1.807, 2.05) is 12.1 Å². The molecule has 1 aromatic heterocycles. The van der Waals surface area contributed by atoms with Crippen LogP contribution >= 0.6 is 11.6 Å². The molecule has 0 aliphatic carbocycles.